The van der Waals surface area contributed by atoms with Crippen LogP contribution in [0.4, 0.5) is 0 Å². The minimum Gasteiger partial charge on any atom is -0.382 e. The highest BCUT2D eigenvalue weighted by Crippen LogP contribution is 2.24. The van der Waals surface area contributed by atoms with Gasteiger partial charge in [-0.05, 0) is 35.8 Å². The molecule has 2 rings (SSSR count). The number of morpholine rings is 1. The zero-order valence-corrected chi connectivity index (χ0v) is 13.9. The van der Waals surface area contributed by atoms with Crippen LogP contribution >= 0.6 is 15.9 Å². The van der Waals surface area contributed by atoms with Gasteiger partial charge in [-0.2, -0.15) is 0 Å². The fourth-order valence-corrected chi connectivity index (χ4v) is 3.15. The van der Waals surface area contributed by atoms with E-state index in [0.717, 1.165) is 4.47 Å². The molecule has 0 aliphatic carbocycles. The molecular weight excluding hydrogens is 324 g/mol. The summed E-state index contributed by atoms with van der Waals surface area (Å²) in [5.41, 5.74) is 0.310. The van der Waals surface area contributed by atoms with Gasteiger partial charge in [0.05, 0.1) is 18.3 Å². The van der Waals surface area contributed by atoms with Crippen molar-refractivity contribution in [1.29, 1.82) is 0 Å². The fourth-order valence-electron chi connectivity index (χ4n) is 2.62. The van der Waals surface area contributed by atoms with Crippen LogP contribution in [-0.2, 0) is 16.5 Å². The van der Waals surface area contributed by atoms with E-state index in [9.17, 15) is 4.79 Å². The number of ether oxygens (including phenoxy) is 2. The molecule has 0 aromatic carbocycles. The third kappa shape index (κ3) is 3.42. The smallest absolute Gasteiger partial charge is 0.270 e. The van der Waals surface area contributed by atoms with E-state index in [1.807, 2.05) is 42.6 Å². The minimum atomic E-state index is -0.362. The highest BCUT2D eigenvalue weighted by atomic mass is 79.9. The van der Waals surface area contributed by atoms with Gasteiger partial charge in [-0.1, -0.05) is 0 Å². The van der Waals surface area contributed by atoms with E-state index in [0.29, 0.717) is 25.4 Å². The number of methoxy groups -OCH3 is 1. The number of hydrogen-bond acceptors (Lipinski definition) is 3. The maximum Gasteiger partial charge on any atom is 0.270 e. The zero-order valence-electron chi connectivity index (χ0n) is 12.4. The summed E-state index contributed by atoms with van der Waals surface area (Å²) < 4.78 is 13.8. The maximum atomic E-state index is 12.7. The van der Waals surface area contributed by atoms with Gasteiger partial charge in [0.15, 0.2) is 0 Å². The lowest BCUT2D eigenvalue weighted by molar-refractivity contribution is -0.143. The summed E-state index contributed by atoms with van der Waals surface area (Å²) in [6.07, 6.45) is 1.79. The van der Waals surface area contributed by atoms with Gasteiger partial charge in [0.1, 0.15) is 5.69 Å². The molecule has 0 unspecified atom stereocenters. The predicted molar refractivity (Wildman–Crippen MR) is 79.8 cm³/mol. The van der Waals surface area contributed by atoms with Gasteiger partial charge in [-0.15, -0.1) is 0 Å². The van der Waals surface area contributed by atoms with Crippen LogP contribution in [0.1, 0.15) is 24.3 Å². The van der Waals surface area contributed by atoms with Crippen LogP contribution in [0.5, 0.6) is 0 Å². The van der Waals surface area contributed by atoms with Crippen molar-refractivity contribution in [3.8, 4) is 0 Å². The summed E-state index contributed by atoms with van der Waals surface area (Å²) in [4.78, 5) is 14.5. The second-order valence-electron chi connectivity index (χ2n) is 5.80. The Hall–Kier alpha value is -0.850. The molecule has 6 heteroatoms. The number of carbonyl (C=O) groups is 1. The quantitative estimate of drug-likeness (QED) is 0.842. The molecule has 1 aromatic rings. The molecule has 0 radical (unpaired) electrons. The Morgan fingerprint density at radius 3 is 2.85 bits per heavy atom. The molecule has 1 aliphatic heterocycles. The van der Waals surface area contributed by atoms with Crippen molar-refractivity contribution in [1.82, 2.24) is 9.47 Å². The van der Waals surface area contributed by atoms with E-state index in [4.69, 9.17) is 9.47 Å². The molecule has 2 heterocycles. The first-order valence-corrected chi connectivity index (χ1v) is 7.39. The van der Waals surface area contributed by atoms with Gasteiger partial charge in [-0.3, -0.25) is 4.79 Å². The molecule has 1 aliphatic rings. The number of aromatic nitrogens is 1. The average Bonchev–Trinajstić information content (AvgIpc) is 2.66. The highest BCUT2D eigenvalue weighted by molar-refractivity contribution is 9.10. The largest absolute Gasteiger partial charge is 0.382 e. The Morgan fingerprint density at radius 2 is 2.30 bits per heavy atom. The Morgan fingerprint density at radius 1 is 1.60 bits per heavy atom. The third-order valence-corrected chi connectivity index (χ3v) is 3.75. The zero-order chi connectivity index (χ0) is 14.9. The van der Waals surface area contributed by atoms with E-state index in [2.05, 4.69) is 15.9 Å². The van der Waals surface area contributed by atoms with Gasteiger partial charge in [-0.25, -0.2) is 0 Å². The van der Waals surface area contributed by atoms with Crippen LogP contribution in [-0.4, -0.2) is 53.9 Å². The van der Waals surface area contributed by atoms with Gasteiger partial charge in [0.2, 0.25) is 0 Å². The Bertz CT molecular complexity index is 499. The van der Waals surface area contributed by atoms with Crippen molar-refractivity contribution < 1.29 is 14.3 Å². The van der Waals surface area contributed by atoms with E-state index in [1.165, 1.54) is 0 Å². The van der Waals surface area contributed by atoms with Crippen LogP contribution in [0.15, 0.2) is 16.7 Å². The van der Waals surface area contributed by atoms with Crippen molar-refractivity contribution in [2.24, 2.45) is 7.05 Å². The summed E-state index contributed by atoms with van der Waals surface area (Å²) in [5.74, 6) is 0.0238. The number of nitrogens with zero attached hydrogens (tertiary/aromatic N) is 2. The molecule has 0 saturated carbocycles. The van der Waals surface area contributed by atoms with E-state index in [1.54, 1.807) is 7.11 Å². The number of aryl methyl sites for hydroxylation is 1. The molecule has 0 bridgehead atoms. The van der Waals surface area contributed by atoms with Crippen molar-refractivity contribution in [3.05, 3.63) is 22.4 Å². The van der Waals surface area contributed by atoms with Gasteiger partial charge in [0, 0.05) is 37.9 Å². The Kier molecular flexibility index (Phi) is 4.56. The molecule has 112 valence electrons. The molecule has 5 nitrogen and oxygen atoms in total. The number of amides is 1. The van der Waals surface area contributed by atoms with Gasteiger partial charge in [0.25, 0.3) is 5.91 Å². The second-order valence-corrected chi connectivity index (χ2v) is 6.71. The van der Waals surface area contributed by atoms with Crippen LogP contribution in [0, 0.1) is 0 Å². The van der Waals surface area contributed by atoms with Crippen LogP contribution in [0.25, 0.3) is 0 Å². The first kappa shape index (κ1) is 15.5. The number of halogens is 1. The normalized spacial score (nSPS) is 22.1. The molecule has 0 N–H and O–H groups in total. The first-order valence-electron chi connectivity index (χ1n) is 6.60. The standard InChI is InChI=1S/C14H21BrN2O3/c1-14(2)9-17(7-11(20-14)8-19-4)13(18)12-5-10(15)6-16(12)3/h5-6,11H,7-9H2,1-4H3/t11-/m0/s1. The molecule has 1 fully saturated rings. The van der Waals surface area contributed by atoms with E-state index >= 15 is 0 Å². The monoisotopic (exact) mass is 344 g/mol. The highest BCUT2D eigenvalue weighted by Gasteiger charge is 2.36. The molecular formula is C14H21BrN2O3. The lowest BCUT2D eigenvalue weighted by atomic mass is 10.0. The van der Waals surface area contributed by atoms with Crippen molar-refractivity contribution in [3.63, 3.8) is 0 Å². The predicted octanol–water partition coefficient (Wildman–Crippen LogP) is 2.05. The number of rotatable bonds is 3. The maximum absolute atomic E-state index is 12.7. The van der Waals surface area contributed by atoms with Crippen molar-refractivity contribution in [2.45, 2.75) is 25.6 Å². The minimum absolute atomic E-state index is 0.0238. The topological polar surface area (TPSA) is 43.7 Å². The van der Waals surface area contributed by atoms with E-state index in [-0.39, 0.29) is 17.6 Å². The molecule has 1 saturated heterocycles. The first-order chi connectivity index (χ1) is 9.32. The molecule has 0 spiro atoms. The fraction of sp³-hybridized carbons (Fsp3) is 0.643. The van der Waals surface area contributed by atoms with Crippen molar-refractivity contribution >= 4 is 21.8 Å². The summed E-state index contributed by atoms with van der Waals surface area (Å²) in [6.45, 7) is 5.61. The van der Waals surface area contributed by atoms with Crippen molar-refractivity contribution in [2.75, 3.05) is 26.8 Å². The second kappa shape index (κ2) is 5.87. The van der Waals surface area contributed by atoms with Crippen LogP contribution < -0.4 is 0 Å². The SMILES string of the molecule is COC[C@@H]1CN(C(=O)c2cc(Br)cn2C)CC(C)(C)O1. The molecule has 1 aromatic heterocycles. The molecule has 1 amide bonds. The van der Waals surface area contributed by atoms with Crippen LogP contribution in [0.3, 0.4) is 0 Å². The molecule has 20 heavy (non-hydrogen) atoms. The van der Waals surface area contributed by atoms with E-state index < -0.39 is 0 Å². The number of hydrogen-bond donors (Lipinski definition) is 0. The summed E-state index contributed by atoms with van der Waals surface area (Å²) >= 11 is 3.40. The van der Waals surface area contributed by atoms with Crippen LogP contribution in [0.2, 0.25) is 0 Å². The average molecular weight is 345 g/mol. The lowest BCUT2D eigenvalue weighted by Gasteiger charge is -2.42. The number of carbonyl (C=O) groups excluding carboxylic acids is 1. The summed E-state index contributed by atoms with van der Waals surface area (Å²) in [7, 11) is 3.52. The molecule has 1 atom stereocenters. The lowest BCUT2D eigenvalue weighted by Crippen LogP contribution is -2.55. The Labute approximate surface area is 128 Å². The third-order valence-electron chi connectivity index (χ3n) is 3.31. The summed E-state index contributed by atoms with van der Waals surface area (Å²) in [6, 6.07) is 1.84. The van der Waals surface area contributed by atoms with Gasteiger partial charge < -0.3 is 18.9 Å². The summed E-state index contributed by atoms with van der Waals surface area (Å²) in [5, 5.41) is 0. The Balaban J connectivity index is 2.18. The van der Waals surface area contributed by atoms with Gasteiger partial charge >= 0.3 is 0 Å².